The van der Waals surface area contributed by atoms with E-state index in [0.717, 1.165) is 12.1 Å². The van der Waals surface area contributed by atoms with Gasteiger partial charge in [0.15, 0.2) is 5.83 Å². The van der Waals surface area contributed by atoms with E-state index in [0.29, 0.717) is 6.07 Å². The third-order valence-corrected chi connectivity index (χ3v) is 1.98. The van der Waals surface area contributed by atoms with E-state index >= 15 is 0 Å². The van der Waals surface area contributed by atoms with Gasteiger partial charge in [-0.05, 0) is 28.1 Å². The quantitative estimate of drug-likeness (QED) is 0.662. The van der Waals surface area contributed by atoms with Crippen LogP contribution in [-0.4, -0.2) is 0 Å². The lowest BCUT2D eigenvalue weighted by Gasteiger charge is -1.98. The predicted octanol–water partition coefficient (Wildman–Crippen LogP) is 4.12. The van der Waals surface area contributed by atoms with Crippen molar-refractivity contribution in [3.05, 3.63) is 40.1 Å². The van der Waals surface area contributed by atoms with E-state index in [-0.39, 0.29) is 4.47 Å². The maximum absolute atomic E-state index is 12.7. The van der Waals surface area contributed by atoms with E-state index in [9.17, 15) is 17.6 Å². The number of benzene rings is 1. The van der Waals surface area contributed by atoms with E-state index in [1.165, 1.54) is 0 Å². The summed E-state index contributed by atoms with van der Waals surface area (Å²) in [6.45, 7) is 0. The van der Waals surface area contributed by atoms with Crippen LogP contribution in [0.2, 0.25) is 0 Å². The highest BCUT2D eigenvalue weighted by Crippen LogP contribution is 2.25. The molecule has 70 valence electrons. The van der Waals surface area contributed by atoms with Crippen molar-refractivity contribution < 1.29 is 17.6 Å². The third-order valence-electron chi connectivity index (χ3n) is 1.34. The SMILES string of the molecule is FC(F)=C(F)c1ccc(Br)c(F)c1. The fourth-order valence-electron chi connectivity index (χ4n) is 0.742. The molecule has 0 heterocycles. The van der Waals surface area contributed by atoms with Gasteiger partial charge in [0, 0.05) is 5.56 Å². The molecule has 0 spiro atoms. The molecule has 0 aromatic heterocycles. The Hall–Kier alpha value is -0.840. The van der Waals surface area contributed by atoms with Crippen molar-refractivity contribution in [2.45, 2.75) is 0 Å². The molecule has 0 saturated carbocycles. The first-order chi connectivity index (χ1) is 6.02. The number of rotatable bonds is 1. The monoisotopic (exact) mass is 254 g/mol. The minimum Gasteiger partial charge on any atom is -0.206 e. The molecule has 13 heavy (non-hydrogen) atoms. The Kier molecular flexibility index (Phi) is 3.08. The second kappa shape index (κ2) is 3.91. The smallest absolute Gasteiger partial charge is 0.206 e. The van der Waals surface area contributed by atoms with E-state index in [2.05, 4.69) is 15.9 Å². The third kappa shape index (κ3) is 2.30. The van der Waals surface area contributed by atoms with Gasteiger partial charge in [0.05, 0.1) is 4.47 Å². The molecule has 0 radical (unpaired) electrons. The van der Waals surface area contributed by atoms with Gasteiger partial charge < -0.3 is 0 Å². The first kappa shape index (κ1) is 10.2. The van der Waals surface area contributed by atoms with Crippen LogP contribution in [0.5, 0.6) is 0 Å². The Morgan fingerprint density at radius 2 is 1.77 bits per heavy atom. The Labute approximate surface area is 80.0 Å². The summed E-state index contributed by atoms with van der Waals surface area (Å²) in [6.07, 6.45) is -2.46. The predicted molar refractivity (Wildman–Crippen MR) is 44.3 cm³/mol. The summed E-state index contributed by atoms with van der Waals surface area (Å²) in [5, 5.41) is 0. The zero-order valence-electron chi connectivity index (χ0n) is 6.12. The average molecular weight is 255 g/mol. The van der Waals surface area contributed by atoms with Gasteiger partial charge in [-0.1, -0.05) is 6.07 Å². The van der Waals surface area contributed by atoms with E-state index in [1.807, 2.05) is 0 Å². The second-order valence-corrected chi connectivity index (χ2v) is 3.06. The summed E-state index contributed by atoms with van der Waals surface area (Å²) in [5.74, 6) is -2.49. The Balaban J connectivity index is 3.19. The van der Waals surface area contributed by atoms with Crippen molar-refractivity contribution >= 4 is 21.8 Å². The highest BCUT2D eigenvalue weighted by atomic mass is 79.9. The van der Waals surface area contributed by atoms with Crippen molar-refractivity contribution in [2.75, 3.05) is 0 Å². The van der Waals surface area contributed by atoms with Gasteiger partial charge >= 0.3 is 6.08 Å². The summed E-state index contributed by atoms with van der Waals surface area (Å²) < 4.78 is 48.8. The van der Waals surface area contributed by atoms with Crippen LogP contribution in [0.25, 0.3) is 5.83 Å². The molecule has 1 rings (SSSR count). The lowest BCUT2D eigenvalue weighted by Crippen LogP contribution is -1.83. The fraction of sp³-hybridized carbons (Fsp3) is 0. The number of halogens is 5. The molecule has 0 aliphatic rings. The first-order valence-electron chi connectivity index (χ1n) is 3.18. The van der Waals surface area contributed by atoms with Gasteiger partial charge in [-0.2, -0.15) is 8.78 Å². The Morgan fingerprint density at radius 1 is 1.15 bits per heavy atom. The highest BCUT2D eigenvalue weighted by molar-refractivity contribution is 9.10. The zero-order chi connectivity index (χ0) is 10.0. The second-order valence-electron chi connectivity index (χ2n) is 2.20. The van der Waals surface area contributed by atoms with E-state index in [1.54, 1.807) is 0 Å². The van der Waals surface area contributed by atoms with Gasteiger partial charge in [-0.15, -0.1) is 0 Å². The molecule has 5 heteroatoms. The van der Waals surface area contributed by atoms with Crippen LogP contribution in [0.15, 0.2) is 28.8 Å². The number of hydrogen-bond acceptors (Lipinski definition) is 0. The van der Waals surface area contributed by atoms with E-state index in [4.69, 9.17) is 0 Å². The van der Waals surface area contributed by atoms with Crippen molar-refractivity contribution in [1.82, 2.24) is 0 Å². The summed E-state index contributed by atoms with van der Waals surface area (Å²) in [7, 11) is 0. The normalized spacial score (nSPS) is 9.92. The van der Waals surface area contributed by atoms with Gasteiger partial charge in [-0.25, -0.2) is 8.78 Å². The van der Waals surface area contributed by atoms with Crippen LogP contribution < -0.4 is 0 Å². The van der Waals surface area contributed by atoms with Crippen molar-refractivity contribution in [3.8, 4) is 0 Å². The Morgan fingerprint density at radius 3 is 2.23 bits per heavy atom. The zero-order valence-corrected chi connectivity index (χ0v) is 7.71. The molecule has 0 saturated heterocycles. The van der Waals surface area contributed by atoms with Crippen LogP contribution in [0.1, 0.15) is 5.56 Å². The molecule has 1 aromatic carbocycles. The molecule has 1 aromatic rings. The molecule has 0 nitrogen and oxygen atoms in total. The van der Waals surface area contributed by atoms with Crippen LogP contribution in [0.4, 0.5) is 17.6 Å². The van der Waals surface area contributed by atoms with Crippen molar-refractivity contribution in [3.63, 3.8) is 0 Å². The molecule has 0 fully saturated rings. The summed E-state index contributed by atoms with van der Waals surface area (Å²) in [5.41, 5.74) is -0.472. The molecule has 0 atom stereocenters. The van der Waals surface area contributed by atoms with E-state index < -0.39 is 23.3 Å². The van der Waals surface area contributed by atoms with Crippen LogP contribution in [-0.2, 0) is 0 Å². The summed E-state index contributed by atoms with van der Waals surface area (Å²) in [4.78, 5) is 0. The number of hydrogen-bond donors (Lipinski definition) is 0. The topological polar surface area (TPSA) is 0 Å². The van der Waals surface area contributed by atoms with Gasteiger partial charge in [0.1, 0.15) is 5.82 Å². The lowest BCUT2D eigenvalue weighted by atomic mass is 10.2. The van der Waals surface area contributed by atoms with Crippen molar-refractivity contribution in [2.24, 2.45) is 0 Å². The molecule has 0 unspecified atom stereocenters. The fourth-order valence-corrected chi connectivity index (χ4v) is 0.988. The van der Waals surface area contributed by atoms with Gasteiger partial charge in [0.25, 0.3) is 0 Å². The first-order valence-corrected chi connectivity index (χ1v) is 3.98. The molecule has 0 amide bonds. The maximum Gasteiger partial charge on any atom is 0.306 e. The molecule has 0 bridgehead atoms. The molecule has 0 N–H and O–H groups in total. The van der Waals surface area contributed by atoms with Gasteiger partial charge in [-0.3, -0.25) is 0 Å². The van der Waals surface area contributed by atoms with Crippen LogP contribution >= 0.6 is 15.9 Å². The largest absolute Gasteiger partial charge is 0.306 e. The summed E-state index contributed by atoms with van der Waals surface area (Å²) in [6, 6.07) is 2.91. The van der Waals surface area contributed by atoms with Gasteiger partial charge in [0.2, 0.25) is 0 Å². The molecular formula is C8H3BrF4. The summed E-state index contributed by atoms with van der Waals surface area (Å²) >= 11 is 2.81. The minimum absolute atomic E-state index is 0.100. The minimum atomic E-state index is -2.46. The highest BCUT2D eigenvalue weighted by Gasteiger charge is 2.10. The van der Waals surface area contributed by atoms with Crippen LogP contribution in [0.3, 0.4) is 0 Å². The average Bonchev–Trinajstić information content (AvgIpc) is 2.08. The lowest BCUT2D eigenvalue weighted by molar-refractivity contribution is 0.410. The van der Waals surface area contributed by atoms with Crippen molar-refractivity contribution in [1.29, 1.82) is 0 Å². The van der Waals surface area contributed by atoms with Crippen LogP contribution in [0, 0.1) is 5.82 Å². The maximum atomic E-state index is 12.7. The molecule has 0 aliphatic heterocycles. The standard InChI is InChI=1S/C8H3BrF4/c9-5-2-1-4(3-6(5)10)7(11)8(12)13/h1-3H. The molecule has 0 aliphatic carbocycles. The molecular weight excluding hydrogens is 252 g/mol. The Bertz CT molecular complexity index is 355.